The zero-order valence-corrected chi connectivity index (χ0v) is 18.2. The highest BCUT2D eigenvalue weighted by molar-refractivity contribution is 6.30. The summed E-state index contributed by atoms with van der Waals surface area (Å²) < 4.78 is 11.2. The second-order valence-electron chi connectivity index (χ2n) is 6.86. The van der Waals surface area contributed by atoms with Crippen molar-refractivity contribution in [3.63, 3.8) is 0 Å². The monoisotopic (exact) mass is 446 g/mol. The minimum absolute atomic E-state index is 0.0696. The van der Waals surface area contributed by atoms with E-state index >= 15 is 0 Å². The Morgan fingerprint density at radius 3 is 2.61 bits per heavy atom. The average Bonchev–Trinajstić information content (AvgIpc) is 3.16. The minimum atomic E-state index is -0.806. The van der Waals surface area contributed by atoms with Gasteiger partial charge in [0.05, 0.1) is 6.61 Å². The molecule has 0 saturated heterocycles. The number of fused-ring (bicyclic) bond motifs is 1. The number of carbonyl (C=O) groups excluding carboxylic acids is 2. The third-order valence-corrected chi connectivity index (χ3v) is 5.07. The fraction of sp³-hybridized carbons (Fsp3) is 0.381. The topological polar surface area (TPSA) is 116 Å². The van der Waals surface area contributed by atoms with Crippen LogP contribution in [-0.2, 0) is 16.0 Å². The molecule has 0 aliphatic carbocycles. The molecular formula is C21H23ClN4O5. The molecule has 0 unspecified atom stereocenters. The first-order valence-corrected chi connectivity index (χ1v) is 10.3. The lowest BCUT2D eigenvalue weighted by molar-refractivity contribution is -0.124. The summed E-state index contributed by atoms with van der Waals surface area (Å²) in [5, 5.41) is 7.05. The number of benzene rings is 1. The lowest BCUT2D eigenvalue weighted by atomic mass is 10.1. The number of halogens is 1. The van der Waals surface area contributed by atoms with Crippen molar-refractivity contribution in [1.82, 2.24) is 20.0 Å². The van der Waals surface area contributed by atoms with Gasteiger partial charge in [-0.2, -0.15) is 4.98 Å². The van der Waals surface area contributed by atoms with Crippen LogP contribution in [0.1, 0.15) is 48.2 Å². The Bertz CT molecular complexity index is 1150. The Balaban J connectivity index is 1.86. The van der Waals surface area contributed by atoms with Crippen molar-refractivity contribution < 1.29 is 18.8 Å². The molecule has 1 aromatic carbocycles. The van der Waals surface area contributed by atoms with E-state index in [2.05, 4.69) is 15.5 Å². The van der Waals surface area contributed by atoms with Crippen LogP contribution in [0.3, 0.4) is 0 Å². The summed E-state index contributed by atoms with van der Waals surface area (Å²) in [4.78, 5) is 42.4. The zero-order chi connectivity index (χ0) is 22.5. The Morgan fingerprint density at radius 1 is 1.26 bits per heavy atom. The number of nitrogens with one attached hydrogen (secondary N) is 1. The number of ether oxygens (including phenoxy) is 1. The molecule has 1 N–H and O–H groups in total. The van der Waals surface area contributed by atoms with Crippen molar-refractivity contribution in [2.75, 3.05) is 13.2 Å². The van der Waals surface area contributed by atoms with E-state index in [1.54, 1.807) is 32.9 Å². The molecule has 0 aliphatic rings. The number of esters is 1. The van der Waals surface area contributed by atoms with Crippen LogP contribution in [0.5, 0.6) is 0 Å². The van der Waals surface area contributed by atoms with Crippen LogP contribution in [0.15, 0.2) is 33.6 Å². The van der Waals surface area contributed by atoms with Gasteiger partial charge in [-0.15, -0.1) is 0 Å². The van der Waals surface area contributed by atoms with E-state index in [1.807, 2.05) is 12.1 Å². The molecule has 0 saturated carbocycles. The number of amides is 1. The lowest BCUT2D eigenvalue weighted by Gasteiger charge is -2.19. The number of rotatable bonds is 8. The van der Waals surface area contributed by atoms with Gasteiger partial charge in [0.2, 0.25) is 11.6 Å². The Hall–Kier alpha value is -3.20. The molecule has 0 fully saturated rings. The van der Waals surface area contributed by atoms with E-state index in [-0.39, 0.29) is 35.1 Å². The quantitative estimate of drug-likeness (QED) is 0.529. The minimum Gasteiger partial charge on any atom is -0.461 e. The molecule has 3 rings (SSSR count). The maximum absolute atomic E-state index is 13.2. The van der Waals surface area contributed by atoms with E-state index in [0.29, 0.717) is 24.4 Å². The van der Waals surface area contributed by atoms with Crippen molar-refractivity contribution in [3.05, 3.63) is 56.7 Å². The Labute approximate surface area is 183 Å². The molecule has 2 aromatic heterocycles. The summed E-state index contributed by atoms with van der Waals surface area (Å²) in [5.41, 5.74) is 0.130. The van der Waals surface area contributed by atoms with Crippen LogP contribution in [0, 0.1) is 6.92 Å². The summed E-state index contributed by atoms with van der Waals surface area (Å²) in [6, 6.07) is 6.55. The second-order valence-corrected chi connectivity index (χ2v) is 7.29. The van der Waals surface area contributed by atoms with Gasteiger partial charge in [0.25, 0.3) is 11.3 Å². The van der Waals surface area contributed by atoms with Crippen molar-refractivity contribution in [2.45, 2.75) is 39.7 Å². The first kappa shape index (κ1) is 22.5. The molecule has 0 spiro atoms. The molecule has 10 heteroatoms. The number of carbonyl (C=O) groups is 2. The number of nitrogens with zero attached hydrogens (tertiary/aromatic N) is 3. The molecule has 31 heavy (non-hydrogen) atoms. The number of aryl methyl sites for hydroxylation is 1. The summed E-state index contributed by atoms with van der Waals surface area (Å²) in [6.07, 6.45) is 0.962. The van der Waals surface area contributed by atoms with Crippen molar-refractivity contribution in [1.29, 1.82) is 0 Å². The summed E-state index contributed by atoms with van der Waals surface area (Å²) in [6.45, 7) is 5.54. The third kappa shape index (κ3) is 4.77. The van der Waals surface area contributed by atoms with E-state index < -0.39 is 17.6 Å². The summed E-state index contributed by atoms with van der Waals surface area (Å²) in [7, 11) is 0. The van der Waals surface area contributed by atoms with E-state index in [9.17, 15) is 14.4 Å². The highest BCUT2D eigenvalue weighted by Gasteiger charge is 2.28. The summed E-state index contributed by atoms with van der Waals surface area (Å²) >= 11 is 5.89. The number of hydrogen-bond acceptors (Lipinski definition) is 7. The van der Waals surface area contributed by atoms with Gasteiger partial charge in [0.15, 0.2) is 0 Å². The van der Waals surface area contributed by atoms with Crippen LogP contribution < -0.4 is 10.9 Å². The van der Waals surface area contributed by atoms with Gasteiger partial charge in [0.1, 0.15) is 17.3 Å². The normalized spacial score (nSPS) is 12.0. The molecule has 0 aliphatic heterocycles. The molecule has 2 heterocycles. The summed E-state index contributed by atoms with van der Waals surface area (Å²) in [5.74, 6) is -0.822. The zero-order valence-electron chi connectivity index (χ0n) is 17.5. The number of aromatic nitrogens is 3. The largest absolute Gasteiger partial charge is 0.461 e. The van der Waals surface area contributed by atoms with Crippen molar-refractivity contribution in [2.24, 2.45) is 0 Å². The molecule has 1 amide bonds. The highest BCUT2D eigenvalue weighted by Crippen LogP contribution is 2.18. The SMILES string of the molecule is CCOC(=O)c1noc2nc(C)n([C@@H](CC)C(=O)NCCc3ccc(Cl)cc3)c(=O)c12. The van der Waals surface area contributed by atoms with Crippen LogP contribution in [0.4, 0.5) is 0 Å². The van der Waals surface area contributed by atoms with Crippen LogP contribution >= 0.6 is 11.6 Å². The predicted octanol–water partition coefficient (Wildman–Crippen LogP) is 2.83. The molecular weight excluding hydrogens is 424 g/mol. The van der Waals surface area contributed by atoms with Gasteiger partial charge in [-0.1, -0.05) is 35.8 Å². The second kappa shape index (κ2) is 9.74. The van der Waals surface area contributed by atoms with Crippen LogP contribution in [0.2, 0.25) is 5.02 Å². The van der Waals surface area contributed by atoms with Gasteiger partial charge < -0.3 is 14.6 Å². The molecule has 0 bridgehead atoms. The van der Waals surface area contributed by atoms with Crippen LogP contribution in [-0.4, -0.2) is 39.7 Å². The van der Waals surface area contributed by atoms with Gasteiger partial charge in [-0.25, -0.2) is 4.79 Å². The van der Waals surface area contributed by atoms with Gasteiger partial charge in [-0.3, -0.25) is 14.2 Å². The van der Waals surface area contributed by atoms with Crippen molar-refractivity contribution >= 4 is 34.6 Å². The molecule has 1 atom stereocenters. The van der Waals surface area contributed by atoms with Crippen molar-refractivity contribution in [3.8, 4) is 0 Å². The molecule has 3 aromatic rings. The fourth-order valence-corrected chi connectivity index (χ4v) is 3.43. The third-order valence-electron chi connectivity index (χ3n) is 4.81. The maximum atomic E-state index is 13.2. The average molecular weight is 447 g/mol. The van der Waals surface area contributed by atoms with Gasteiger partial charge in [0, 0.05) is 11.6 Å². The van der Waals surface area contributed by atoms with E-state index in [1.165, 1.54) is 4.57 Å². The number of hydrogen-bond donors (Lipinski definition) is 1. The first-order chi connectivity index (χ1) is 14.9. The van der Waals surface area contributed by atoms with E-state index in [4.69, 9.17) is 20.9 Å². The molecule has 0 radical (unpaired) electrons. The smallest absolute Gasteiger partial charge is 0.361 e. The highest BCUT2D eigenvalue weighted by atomic mass is 35.5. The predicted molar refractivity (Wildman–Crippen MR) is 114 cm³/mol. The molecule has 164 valence electrons. The van der Waals surface area contributed by atoms with Gasteiger partial charge in [-0.05, 0) is 44.4 Å². The Morgan fingerprint density at radius 2 is 1.97 bits per heavy atom. The van der Waals surface area contributed by atoms with Gasteiger partial charge >= 0.3 is 5.97 Å². The standard InChI is InChI=1S/C21H23ClN4O5/c1-4-15(18(27)23-11-10-13-6-8-14(22)9-7-13)26-12(3)24-19-16(20(26)28)17(25-31-19)21(29)30-5-2/h6-9,15H,4-5,10-11H2,1-3H3,(H,23,27)/t15-/m0/s1. The van der Waals surface area contributed by atoms with Crippen LogP contribution in [0.25, 0.3) is 11.1 Å². The molecule has 9 nitrogen and oxygen atoms in total. The fourth-order valence-electron chi connectivity index (χ4n) is 3.31. The first-order valence-electron chi connectivity index (χ1n) is 9.95. The maximum Gasteiger partial charge on any atom is 0.361 e. The lowest BCUT2D eigenvalue weighted by Crippen LogP contribution is -2.39. The Kier molecular flexibility index (Phi) is 7.06. The van der Waals surface area contributed by atoms with E-state index in [0.717, 1.165) is 5.56 Å².